The molecule has 0 aliphatic heterocycles. The van der Waals surface area contributed by atoms with Crippen LogP contribution in [0.1, 0.15) is 30.1 Å². The average molecular weight is 207 g/mol. The summed E-state index contributed by atoms with van der Waals surface area (Å²) in [5.74, 6) is 0. The average Bonchev–Trinajstić information content (AvgIpc) is 2.25. The Kier molecular flexibility index (Phi) is 3.18. The third kappa shape index (κ3) is 2.27. The fourth-order valence-electron chi connectivity index (χ4n) is 2.17. The second-order valence-corrected chi connectivity index (χ2v) is 3.94. The Bertz CT molecular complexity index is 386. The molecule has 0 radical (unpaired) electrons. The molecule has 0 aromatic carbocycles. The van der Waals surface area contributed by atoms with Crippen molar-refractivity contribution in [2.24, 2.45) is 5.73 Å². The molecule has 0 fully saturated rings. The first-order chi connectivity index (χ1) is 7.31. The number of nitrogens with two attached hydrogens (primary N) is 1. The summed E-state index contributed by atoms with van der Waals surface area (Å²) in [6.07, 6.45) is 3.22. The molecule has 1 aromatic heterocycles. The summed E-state index contributed by atoms with van der Waals surface area (Å²) in [5.41, 5.74) is 7.78. The van der Waals surface area contributed by atoms with Crippen LogP contribution in [0.15, 0.2) is 16.9 Å². The smallest absolute Gasteiger partial charge is 0.248 e. The zero-order valence-corrected chi connectivity index (χ0v) is 8.75. The van der Waals surface area contributed by atoms with Gasteiger partial charge in [-0.15, -0.1) is 0 Å². The maximum atomic E-state index is 11.2. The minimum atomic E-state index is -0.00627. The van der Waals surface area contributed by atoms with Crippen LogP contribution in [0.25, 0.3) is 0 Å². The standard InChI is InChI=1S/C11H17N3O/c12-6-7-13-9-2-1-3-10-8(9)4-5-11(15)14-10/h4-5,9,13H,1-3,6-7,12H2,(H,14,15). The molecule has 1 heterocycles. The highest BCUT2D eigenvalue weighted by Gasteiger charge is 2.19. The van der Waals surface area contributed by atoms with Gasteiger partial charge in [0.1, 0.15) is 0 Å². The number of hydrogen-bond donors (Lipinski definition) is 3. The van der Waals surface area contributed by atoms with Gasteiger partial charge in [0.25, 0.3) is 0 Å². The largest absolute Gasteiger partial charge is 0.329 e. The molecule has 1 atom stereocenters. The number of aryl methyl sites for hydroxylation is 1. The Hall–Kier alpha value is -1.13. The van der Waals surface area contributed by atoms with E-state index in [9.17, 15) is 4.79 Å². The minimum absolute atomic E-state index is 0.00627. The lowest BCUT2D eigenvalue weighted by molar-refractivity contribution is 0.460. The molecule has 0 spiro atoms. The molecular formula is C11H17N3O. The van der Waals surface area contributed by atoms with Crippen molar-refractivity contribution in [1.82, 2.24) is 10.3 Å². The molecule has 2 rings (SSSR count). The van der Waals surface area contributed by atoms with E-state index in [-0.39, 0.29) is 5.56 Å². The molecule has 1 aliphatic carbocycles. The SMILES string of the molecule is NCCNC1CCCc2[nH]c(=O)ccc21. The molecule has 4 N–H and O–H groups in total. The first-order valence-electron chi connectivity index (χ1n) is 5.47. The van der Waals surface area contributed by atoms with Gasteiger partial charge in [0.15, 0.2) is 0 Å². The van der Waals surface area contributed by atoms with Crippen LogP contribution in [0.4, 0.5) is 0 Å². The molecule has 0 bridgehead atoms. The van der Waals surface area contributed by atoms with Crippen molar-refractivity contribution in [3.05, 3.63) is 33.7 Å². The van der Waals surface area contributed by atoms with Crippen molar-refractivity contribution in [2.45, 2.75) is 25.3 Å². The van der Waals surface area contributed by atoms with E-state index in [1.807, 2.05) is 6.07 Å². The minimum Gasteiger partial charge on any atom is -0.329 e. The van der Waals surface area contributed by atoms with Gasteiger partial charge in [-0.3, -0.25) is 4.79 Å². The number of nitrogens with one attached hydrogen (secondary N) is 2. The normalized spacial score (nSPS) is 19.9. The number of fused-ring (bicyclic) bond motifs is 1. The van der Waals surface area contributed by atoms with Crippen LogP contribution in [0.5, 0.6) is 0 Å². The predicted octanol–water partition coefficient (Wildman–Crippen LogP) is 0.301. The Balaban J connectivity index is 2.22. The van der Waals surface area contributed by atoms with Gasteiger partial charge in [-0.05, 0) is 24.8 Å². The predicted molar refractivity (Wildman–Crippen MR) is 59.8 cm³/mol. The fraction of sp³-hybridized carbons (Fsp3) is 0.545. The van der Waals surface area contributed by atoms with Crippen LogP contribution in [0.3, 0.4) is 0 Å². The second-order valence-electron chi connectivity index (χ2n) is 3.94. The second kappa shape index (κ2) is 4.59. The number of aromatic amines is 1. The van der Waals surface area contributed by atoms with Crippen molar-refractivity contribution < 1.29 is 0 Å². The monoisotopic (exact) mass is 207 g/mol. The van der Waals surface area contributed by atoms with Crippen molar-refractivity contribution in [3.8, 4) is 0 Å². The van der Waals surface area contributed by atoms with Crippen molar-refractivity contribution in [2.75, 3.05) is 13.1 Å². The highest BCUT2D eigenvalue weighted by Crippen LogP contribution is 2.26. The van der Waals surface area contributed by atoms with Gasteiger partial charge in [-0.1, -0.05) is 6.07 Å². The van der Waals surface area contributed by atoms with Crippen LogP contribution in [0.2, 0.25) is 0 Å². The van der Waals surface area contributed by atoms with E-state index in [1.165, 1.54) is 5.56 Å². The molecule has 1 aromatic rings. The summed E-state index contributed by atoms with van der Waals surface area (Å²) in [6.45, 7) is 1.47. The Labute approximate surface area is 88.9 Å². The molecule has 15 heavy (non-hydrogen) atoms. The zero-order chi connectivity index (χ0) is 10.7. The molecule has 0 saturated carbocycles. The topological polar surface area (TPSA) is 70.9 Å². The van der Waals surface area contributed by atoms with Crippen LogP contribution < -0.4 is 16.6 Å². The van der Waals surface area contributed by atoms with Crippen LogP contribution in [-0.2, 0) is 6.42 Å². The van der Waals surface area contributed by atoms with E-state index >= 15 is 0 Å². The molecule has 0 saturated heterocycles. The van der Waals surface area contributed by atoms with Gasteiger partial charge < -0.3 is 16.0 Å². The lowest BCUT2D eigenvalue weighted by atomic mass is 9.91. The Morgan fingerprint density at radius 1 is 1.53 bits per heavy atom. The summed E-state index contributed by atoms with van der Waals surface area (Å²) in [4.78, 5) is 14.1. The van der Waals surface area contributed by atoms with Crippen LogP contribution >= 0.6 is 0 Å². The number of rotatable bonds is 3. The summed E-state index contributed by atoms with van der Waals surface area (Å²) >= 11 is 0. The molecule has 0 amide bonds. The van der Waals surface area contributed by atoms with E-state index in [2.05, 4.69) is 10.3 Å². The highest BCUT2D eigenvalue weighted by atomic mass is 16.1. The van der Waals surface area contributed by atoms with E-state index in [0.717, 1.165) is 31.5 Å². The van der Waals surface area contributed by atoms with E-state index in [0.29, 0.717) is 12.6 Å². The first-order valence-corrected chi connectivity index (χ1v) is 5.47. The van der Waals surface area contributed by atoms with Gasteiger partial charge in [0.2, 0.25) is 5.56 Å². The summed E-state index contributed by atoms with van der Waals surface area (Å²) in [6, 6.07) is 3.89. The molecule has 82 valence electrons. The third-order valence-electron chi connectivity index (χ3n) is 2.87. The maximum Gasteiger partial charge on any atom is 0.248 e. The quantitative estimate of drug-likeness (QED) is 0.667. The molecule has 4 heteroatoms. The number of pyridine rings is 1. The lowest BCUT2D eigenvalue weighted by Gasteiger charge is -2.25. The summed E-state index contributed by atoms with van der Waals surface area (Å²) in [5, 5.41) is 3.40. The number of hydrogen-bond acceptors (Lipinski definition) is 3. The molecule has 4 nitrogen and oxygen atoms in total. The Morgan fingerprint density at radius 3 is 3.20 bits per heavy atom. The summed E-state index contributed by atoms with van der Waals surface area (Å²) in [7, 11) is 0. The van der Waals surface area contributed by atoms with E-state index < -0.39 is 0 Å². The summed E-state index contributed by atoms with van der Waals surface area (Å²) < 4.78 is 0. The van der Waals surface area contributed by atoms with Crippen LogP contribution in [0, 0.1) is 0 Å². The van der Waals surface area contributed by atoms with Crippen LogP contribution in [-0.4, -0.2) is 18.1 Å². The van der Waals surface area contributed by atoms with E-state index in [4.69, 9.17) is 5.73 Å². The van der Waals surface area contributed by atoms with Gasteiger partial charge in [0, 0.05) is 30.9 Å². The van der Waals surface area contributed by atoms with Crippen molar-refractivity contribution >= 4 is 0 Å². The third-order valence-corrected chi connectivity index (χ3v) is 2.87. The van der Waals surface area contributed by atoms with Gasteiger partial charge >= 0.3 is 0 Å². The first kappa shape index (κ1) is 10.4. The highest BCUT2D eigenvalue weighted by molar-refractivity contribution is 5.26. The van der Waals surface area contributed by atoms with Gasteiger partial charge in [0.05, 0.1) is 0 Å². The van der Waals surface area contributed by atoms with Gasteiger partial charge in [-0.2, -0.15) is 0 Å². The molecular weight excluding hydrogens is 190 g/mol. The maximum absolute atomic E-state index is 11.2. The van der Waals surface area contributed by atoms with Gasteiger partial charge in [-0.25, -0.2) is 0 Å². The Morgan fingerprint density at radius 2 is 2.40 bits per heavy atom. The molecule has 1 unspecified atom stereocenters. The number of H-pyrrole nitrogens is 1. The lowest BCUT2D eigenvalue weighted by Crippen LogP contribution is -2.30. The molecule has 1 aliphatic rings. The number of aromatic nitrogens is 1. The zero-order valence-electron chi connectivity index (χ0n) is 8.75. The van der Waals surface area contributed by atoms with Crippen molar-refractivity contribution in [3.63, 3.8) is 0 Å². The van der Waals surface area contributed by atoms with E-state index in [1.54, 1.807) is 6.07 Å². The van der Waals surface area contributed by atoms with Crippen molar-refractivity contribution in [1.29, 1.82) is 0 Å². The fourth-order valence-corrected chi connectivity index (χ4v) is 2.17.